The van der Waals surface area contributed by atoms with E-state index in [1.54, 1.807) is 0 Å². The number of ketones is 2. The Hall–Kier alpha value is -1.66. The number of carbonyl (C=O) groups excluding carboxylic acids is 2. The number of hydrogen-bond donors (Lipinski definition) is 4. The van der Waals surface area contributed by atoms with E-state index in [2.05, 4.69) is 12.6 Å². The molecule has 0 saturated carbocycles. The van der Waals surface area contributed by atoms with Gasteiger partial charge >= 0.3 is 0 Å². The quantitative estimate of drug-likeness (QED) is 0.426. The van der Waals surface area contributed by atoms with Gasteiger partial charge in [0.05, 0.1) is 10.5 Å². The Morgan fingerprint density at radius 1 is 1.06 bits per heavy atom. The van der Waals surface area contributed by atoms with Crippen LogP contribution in [0.1, 0.15) is 15.9 Å². The first-order valence-corrected chi connectivity index (χ1v) is 5.14. The number of Topliss-reactive ketones (excluding diaryl/α,β-unsaturated/α-hetero) is 1. The average Bonchev–Trinajstić information content (AvgIpc) is 2.28. The standard InChI is InChI=1S/C10H5ClO5S/c11-6-8(15)5-4(10(17)9(6)16)2(12)1-3(13)7(5)14/h1,12,15-17H. The summed E-state index contributed by atoms with van der Waals surface area (Å²) >= 11 is 9.45. The van der Waals surface area contributed by atoms with Gasteiger partial charge in [0.1, 0.15) is 16.5 Å². The third-order valence-electron chi connectivity index (χ3n) is 2.34. The molecule has 5 nitrogen and oxygen atoms in total. The van der Waals surface area contributed by atoms with Crippen LogP contribution in [0.15, 0.2) is 11.0 Å². The zero-order valence-corrected chi connectivity index (χ0v) is 9.71. The molecule has 0 unspecified atom stereocenters. The van der Waals surface area contributed by atoms with Crippen LogP contribution >= 0.6 is 24.2 Å². The Balaban J connectivity index is 2.96. The van der Waals surface area contributed by atoms with Gasteiger partial charge in [-0.15, -0.1) is 12.6 Å². The molecule has 1 aromatic rings. The van der Waals surface area contributed by atoms with Crippen molar-refractivity contribution in [2.24, 2.45) is 0 Å². The van der Waals surface area contributed by atoms with E-state index in [4.69, 9.17) is 11.6 Å². The molecular weight excluding hydrogens is 268 g/mol. The molecule has 2 rings (SSSR count). The fourth-order valence-corrected chi connectivity index (χ4v) is 2.13. The summed E-state index contributed by atoms with van der Waals surface area (Å²) in [5, 5.41) is 28.2. The summed E-state index contributed by atoms with van der Waals surface area (Å²) in [6.07, 6.45) is 0.692. The number of allylic oxidation sites excluding steroid dienone is 1. The molecule has 0 radical (unpaired) electrons. The molecule has 0 amide bonds. The molecule has 0 fully saturated rings. The van der Waals surface area contributed by atoms with Crippen LogP contribution in [0.5, 0.6) is 11.5 Å². The number of phenols is 2. The first-order valence-electron chi connectivity index (χ1n) is 4.32. The van der Waals surface area contributed by atoms with E-state index < -0.39 is 39.4 Å². The van der Waals surface area contributed by atoms with Gasteiger partial charge in [0.25, 0.3) is 0 Å². The fourth-order valence-electron chi connectivity index (χ4n) is 1.54. The van der Waals surface area contributed by atoms with E-state index in [1.807, 2.05) is 0 Å². The van der Waals surface area contributed by atoms with E-state index in [0.717, 1.165) is 0 Å². The summed E-state index contributed by atoms with van der Waals surface area (Å²) in [7, 11) is 0. The molecule has 0 aliphatic heterocycles. The molecule has 0 saturated heterocycles. The van der Waals surface area contributed by atoms with Crippen LogP contribution in [-0.2, 0) is 4.79 Å². The summed E-state index contributed by atoms with van der Waals surface area (Å²) in [5.41, 5.74) is -0.667. The van der Waals surface area contributed by atoms with Gasteiger partial charge in [-0.1, -0.05) is 11.6 Å². The molecule has 0 spiro atoms. The lowest BCUT2D eigenvalue weighted by Gasteiger charge is -2.17. The average molecular weight is 273 g/mol. The Kier molecular flexibility index (Phi) is 2.56. The van der Waals surface area contributed by atoms with E-state index >= 15 is 0 Å². The number of aliphatic hydroxyl groups is 1. The van der Waals surface area contributed by atoms with Crippen molar-refractivity contribution in [3.05, 3.63) is 22.2 Å². The highest BCUT2D eigenvalue weighted by Gasteiger charge is 2.33. The molecule has 0 heterocycles. The number of benzene rings is 1. The fraction of sp³-hybridized carbons (Fsp3) is 0. The van der Waals surface area contributed by atoms with Gasteiger partial charge < -0.3 is 15.3 Å². The lowest BCUT2D eigenvalue weighted by Crippen LogP contribution is -2.19. The minimum atomic E-state index is -1.02. The highest BCUT2D eigenvalue weighted by Crippen LogP contribution is 2.46. The van der Waals surface area contributed by atoms with Gasteiger partial charge in [-0.3, -0.25) is 9.59 Å². The topological polar surface area (TPSA) is 94.8 Å². The first-order chi connectivity index (χ1) is 7.86. The minimum absolute atomic E-state index is 0.183. The SMILES string of the molecule is O=C1C=C(O)c2c(S)c(O)c(Cl)c(O)c2C1=O. The van der Waals surface area contributed by atoms with Crippen molar-refractivity contribution in [3.63, 3.8) is 0 Å². The number of thiol groups is 1. The molecule has 0 atom stereocenters. The van der Waals surface area contributed by atoms with Gasteiger partial charge in [0, 0.05) is 11.6 Å². The van der Waals surface area contributed by atoms with E-state index in [9.17, 15) is 24.9 Å². The molecule has 1 aliphatic rings. The summed E-state index contributed by atoms with van der Waals surface area (Å²) in [4.78, 5) is 22.6. The second kappa shape index (κ2) is 3.68. The van der Waals surface area contributed by atoms with Gasteiger partial charge in [0.15, 0.2) is 5.75 Å². The second-order valence-electron chi connectivity index (χ2n) is 3.33. The summed E-state index contributed by atoms with van der Waals surface area (Å²) < 4.78 is 0. The van der Waals surface area contributed by atoms with Crippen LogP contribution in [0.25, 0.3) is 5.76 Å². The van der Waals surface area contributed by atoms with E-state index in [0.29, 0.717) is 6.08 Å². The van der Waals surface area contributed by atoms with Crippen LogP contribution in [0, 0.1) is 0 Å². The van der Waals surface area contributed by atoms with Crippen molar-refractivity contribution >= 4 is 41.6 Å². The lowest BCUT2D eigenvalue weighted by molar-refractivity contribution is -0.111. The molecule has 7 heteroatoms. The molecule has 1 aromatic carbocycles. The van der Waals surface area contributed by atoms with E-state index in [1.165, 1.54) is 0 Å². The van der Waals surface area contributed by atoms with Crippen LogP contribution in [-0.4, -0.2) is 26.9 Å². The third kappa shape index (κ3) is 1.49. The van der Waals surface area contributed by atoms with Gasteiger partial charge in [0.2, 0.25) is 11.6 Å². The molecule has 1 aliphatic carbocycles. The maximum Gasteiger partial charge on any atom is 0.237 e. The Morgan fingerprint density at radius 2 is 1.65 bits per heavy atom. The highest BCUT2D eigenvalue weighted by molar-refractivity contribution is 7.80. The van der Waals surface area contributed by atoms with Gasteiger partial charge in [-0.2, -0.15) is 0 Å². The smallest absolute Gasteiger partial charge is 0.237 e. The number of fused-ring (bicyclic) bond motifs is 1. The van der Waals surface area contributed by atoms with Crippen LogP contribution in [0.2, 0.25) is 5.02 Å². The maximum atomic E-state index is 11.6. The molecular formula is C10H5ClO5S. The zero-order valence-electron chi connectivity index (χ0n) is 8.06. The van der Waals surface area contributed by atoms with Crippen molar-refractivity contribution in [2.75, 3.05) is 0 Å². The van der Waals surface area contributed by atoms with Crippen LogP contribution in [0.4, 0.5) is 0 Å². The Bertz CT molecular complexity index is 605. The molecule has 0 bridgehead atoms. The zero-order chi connectivity index (χ0) is 12.9. The normalized spacial score (nSPS) is 14.6. The van der Waals surface area contributed by atoms with Crippen molar-refractivity contribution in [1.29, 1.82) is 0 Å². The third-order valence-corrected chi connectivity index (χ3v) is 3.13. The van der Waals surface area contributed by atoms with Crippen molar-refractivity contribution in [1.82, 2.24) is 0 Å². The molecule has 17 heavy (non-hydrogen) atoms. The predicted octanol–water partition coefficient (Wildman–Crippen LogP) is 1.70. The van der Waals surface area contributed by atoms with Crippen molar-refractivity contribution in [2.45, 2.75) is 4.90 Å². The van der Waals surface area contributed by atoms with Crippen molar-refractivity contribution in [3.8, 4) is 11.5 Å². The lowest BCUT2D eigenvalue weighted by atomic mass is 9.92. The number of halogens is 1. The number of hydrogen-bond acceptors (Lipinski definition) is 6. The Morgan fingerprint density at radius 3 is 2.24 bits per heavy atom. The van der Waals surface area contributed by atoms with Gasteiger partial charge in [-0.05, 0) is 0 Å². The largest absolute Gasteiger partial charge is 0.507 e. The van der Waals surface area contributed by atoms with E-state index in [-0.39, 0.29) is 10.5 Å². The van der Waals surface area contributed by atoms with Crippen molar-refractivity contribution < 1.29 is 24.9 Å². The highest BCUT2D eigenvalue weighted by atomic mass is 35.5. The van der Waals surface area contributed by atoms with Crippen LogP contribution in [0.3, 0.4) is 0 Å². The minimum Gasteiger partial charge on any atom is -0.507 e. The number of aromatic hydroxyl groups is 2. The predicted molar refractivity (Wildman–Crippen MR) is 62.0 cm³/mol. The number of rotatable bonds is 0. The number of carbonyl (C=O) groups is 2. The Labute approximate surface area is 105 Å². The monoisotopic (exact) mass is 272 g/mol. The molecule has 0 aromatic heterocycles. The maximum absolute atomic E-state index is 11.6. The summed E-state index contributed by atoms with van der Waals surface area (Å²) in [6.45, 7) is 0. The number of aliphatic hydroxyl groups excluding tert-OH is 1. The van der Waals surface area contributed by atoms with Crippen LogP contribution < -0.4 is 0 Å². The summed E-state index contributed by atoms with van der Waals surface area (Å²) in [6, 6.07) is 0. The summed E-state index contributed by atoms with van der Waals surface area (Å²) in [5.74, 6) is -3.90. The number of phenolic OH excluding ortho intramolecular Hbond substituents is 2. The second-order valence-corrected chi connectivity index (χ2v) is 4.16. The molecule has 3 N–H and O–H groups in total. The first kappa shape index (κ1) is 11.8. The van der Waals surface area contributed by atoms with Gasteiger partial charge in [-0.25, -0.2) is 0 Å². The molecule has 88 valence electrons.